The lowest BCUT2D eigenvalue weighted by molar-refractivity contribution is -0.132. The van der Waals surface area contributed by atoms with Crippen LogP contribution in [0.1, 0.15) is 34.5 Å². The molecule has 0 bridgehead atoms. The van der Waals surface area contributed by atoms with Crippen molar-refractivity contribution in [2.24, 2.45) is 0 Å². The maximum Gasteiger partial charge on any atom is 0.338 e. The molecule has 1 heterocycles. The number of methoxy groups -OCH3 is 1. The second kappa shape index (κ2) is 9.62. The average molecular weight is 457 g/mol. The van der Waals surface area contributed by atoms with Crippen LogP contribution in [-0.4, -0.2) is 36.5 Å². The molecule has 0 spiro atoms. The van der Waals surface area contributed by atoms with E-state index in [1.807, 2.05) is 6.07 Å². The van der Waals surface area contributed by atoms with Crippen molar-refractivity contribution in [3.63, 3.8) is 0 Å². The number of rotatable bonds is 6. The zero-order valence-corrected chi connectivity index (χ0v) is 18.7. The Kier molecular flexibility index (Phi) is 6.45. The number of hydrogen-bond acceptors (Lipinski definition) is 6. The van der Waals surface area contributed by atoms with Crippen molar-refractivity contribution in [1.29, 1.82) is 0 Å². The number of aliphatic hydroxyl groups is 1. The average Bonchev–Trinajstić information content (AvgIpc) is 3.14. The summed E-state index contributed by atoms with van der Waals surface area (Å²) < 4.78 is 10.2. The summed E-state index contributed by atoms with van der Waals surface area (Å²) in [6.45, 7) is 1.96. The number of hydrogen-bond donors (Lipinski definition) is 1. The van der Waals surface area contributed by atoms with Crippen LogP contribution in [0.5, 0.6) is 5.75 Å². The Balaban J connectivity index is 1.83. The van der Waals surface area contributed by atoms with E-state index in [1.54, 1.807) is 67.6 Å². The number of carbonyl (C=O) groups excluding carboxylic acids is 3. The minimum Gasteiger partial charge on any atom is -0.507 e. The number of amides is 1. The SMILES string of the molecule is CCOC(=O)c1ccc(N2C(=O)C(=O)/C(=C(\O)c3ccc(OC)cc3)C2c2ccccc2)cc1. The third kappa shape index (κ3) is 4.15. The van der Waals surface area contributed by atoms with Gasteiger partial charge in [-0.2, -0.15) is 0 Å². The minimum atomic E-state index is -0.850. The molecule has 1 amide bonds. The molecule has 1 aliphatic rings. The van der Waals surface area contributed by atoms with Crippen LogP contribution in [0.4, 0.5) is 5.69 Å². The molecule has 1 atom stereocenters. The second-order valence-corrected chi connectivity index (χ2v) is 7.58. The van der Waals surface area contributed by atoms with Gasteiger partial charge in [0.05, 0.1) is 30.9 Å². The van der Waals surface area contributed by atoms with Gasteiger partial charge in [0.15, 0.2) is 0 Å². The van der Waals surface area contributed by atoms with Crippen molar-refractivity contribution < 1.29 is 29.0 Å². The highest BCUT2D eigenvalue weighted by atomic mass is 16.5. The number of Topliss-reactive ketones (excluding diaryl/α,β-unsaturated/α-hetero) is 1. The molecule has 0 saturated carbocycles. The van der Waals surface area contributed by atoms with Gasteiger partial charge in [-0.05, 0) is 61.0 Å². The highest BCUT2D eigenvalue weighted by Gasteiger charge is 2.46. The molecule has 3 aromatic carbocycles. The molecule has 7 nitrogen and oxygen atoms in total. The molecule has 1 aliphatic heterocycles. The molecule has 1 N–H and O–H groups in total. The molecule has 0 aliphatic carbocycles. The lowest BCUT2D eigenvalue weighted by atomic mass is 9.95. The van der Waals surface area contributed by atoms with Crippen LogP contribution >= 0.6 is 0 Å². The van der Waals surface area contributed by atoms with Crippen LogP contribution < -0.4 is 9.64 Å². The molecular formula is C27H23NO6. The molecular weight excluding hydrogens is 434 g/mol. The van der Waals surface area contributed by atoms with Crippen molar-refractivity contribution in [2.75, 3.05) is 18.6 Å². The molecule has 1 saturated heterocycles. The fraction of sp³-hybridized carbons (Fsp3) is 0.148. The van der Waals surface area contributed by atoms with Gasteiger partial charge in [0.1, 0.15) is 11.5 Å². The molecule has 1 unspecified atom stereocenters. The molecule has 4 rings (SSSR count). The Morgan fingerprint density at radius 3 is 2.12 bits per heavy atom. The van der Waals surface area contributed by atoms with Gasteiger partial charge in [-0.15, -0.1) is 0 Å². The second-order valence-electron chi connectivity index (χ2n) is 7.58. The summed E-state index contributed by atoms with van der Waals surface area (Å²) in [5.74, 6) is -1.72. The van der Waals surface area contributed by atoms with Crippen molar-refractivity contribution in [1.82, 2.24) is 0 Å². The van der Waals surface area contributed by atoms with Crippen LogP contribution in [0.3, 0.4) is 0 Å². The van der Waals surface area contributed by atoms with Gasteiger partial charge in [0, 0.05) is 11.3 Å². The van der Waals surface area contributed by atoms with Gasteiger partial charge in [-0.3, -0.25) is 14.5 Å². The standard InChI is InChI=1S/C27H23NO6/c1-3-34-27(32)19-9-13-20(14-10-19)28-23(17-7-5-4-6-8-17)22(25(30)26(28)31)24(29)18-11-15-21(33-2)16-12-18/h4-16,23,29H,3H2,1-2H3/b24-22-. The van der Waals surface area contributed by atoms with Crippen molar-refractivity contribution in [3.8, 4) is 5.75 Å². The molecule has 1 fully saturated rings. The Labute approximate surface area is 196 Å². The first-order valence-corrected chi connectivity index (χ1v) is 10.7. The van der Waals surface area contributed by atoms with E-state index in [4.69, 9.17) is 9.47 Å². The Bertz CT molecular complexity index is 1250. The van der Waals surface area contributed by atoms with Crippen LogP contribution in [0, 0.1) is 0 Å². The lowest BCUT2D eigenvalue weighted by Crippen LogP contribution is -2.29. The predicted molar refractivity (Wildman–Crippen MR) is 127 cm³/mol. The third-order valence-electron chi connectivity index (χ3n) is 5.58. The van der Waals surface area contributed by atoms with Crippen LogP contribution in [0.2, 0.25) is 0 Å². The number of nitrogens with zero attached hydrogens (tertiary/aromatic N) is 1. The predicted octanol–water partition coefficient (Wildman–Crippen LogP) is 4.50. The van der Waals surface area contributed by atoms with E-state index in [-0.39, 0.29) is 17.9 Å². The van der Waals surface area contributed by atoms with Gasteiger partial charge in [-0.1, -0.05) is 30.3 Å². The van der Waals surface area contributed by atoms with Gasteiger partial charge in [-0.25, -0.2) is 4.79 Å². The summed E-state index contributed by atoms with van der Waals surface area (Å²) in [4.78, 5) is 39.7. The third-order valence-corrected chi connectivity index (χ3v) is 5.58. The van der Waals surface area contributed by atoms with Crippen molar-refractivity contribution >= 4 is 29.1 Å². The Morgan fingerprint density at radius 1 is 0.912 bits per heavy atom. The van der Waals surface area contributed by atoms with E-state index < -0.39 is 23.7 Å². The molecule has 7 heteroatoms. The van der Waals surface area contributed by atoms with Crippen molar-refractivity contribution in [2.45, 2.75) is 13.0 Å². The number of aliphatic hydroxyl groups excluding tert-OH is 1. The lowest BCUT2D eigenvalue weighted by Gasteiger charge is -2.25. The van der Waals surface area contributed by atoms with E-state index in [1.165, 1.54) is 24.1 Å². The van der Waals surface area contributed by atoms with E-state index in [0.29, 0.717) is 28.1 Å². The zero-order chi connectivity index (χ0) is 24.2. The first-order chi connectivity index (χ1) is 16.5. The summed E-state index contributed by atoms with van der Waals surface area (Å²) in [5.41, 5.74) is 1.77. The Hall–Kier alpha value is -4.39. The van der Waals surface area contributed by atoms with Gasteiger partial charge in [0.2, 0.25) is 0 Å². The van der Waals surface area contributed by atoms with Crippen LogP contribution in [0.15, 0.2) is 84.4 Å². The number of benzene rings is 3. The monoisotopic (exact) mass is 457 g/mol. The molecule has 172 valence electrons. The quantitative estimate of drug-likeness (QED) is 0.254. The highest BCUT2D eigenvalue weighted by Crippen LogP contribution is 2.42. The molecule has 3 aromatic rings. The topological polar surface area (TPSA) is 93.1 Å². The minimum absolute atomic E-state index is 0.0177. The van der Waals surface area contributed by atoms with E-state index in [9.17, 15) is 19.5 Å². The Morgan fingerprint density at radius 2 is 1.53 bits per heavy atom. The number of ketones is 1. The van der Waals surface area contributed by atoms with Gasteiger partial charge in [0.25, 0.3) is 11.7 Å². The summed E-state index contributed by atoms with van der Waals surface area (Å²) >= 11 is 0. The van der Waals surface area contributed by atoms with Crippen molar-refractivity contribution in [3.05, 3.63) is 101 Å². The van der Waals surface area contributed by atoms with Gasteiger partial charge < -0.3 is 14.6 Å². The molecule has 0 radical (unpaired) electrons. The fourth-order valence-corrected chi connectivity index (χ4v) is 3.93. The first kappa shape index (κ1) is 22.8. The maximum absolute atomic E-state index is 13.2. The van der Waals surface area contributed by atoms with E-state index >= 15 is 0 Å². The summed E-state index contributed by atoms with van der Waals surface area (Å²) in [5, 5.41) is 11.1. The summed E-state index contributed by atoms with van der Waals surface area (Å²) in [6.07, 6.45) is 0. The number of anilines is 1. The normalized spacial score (nSPS) is 17.0. The maximum atomic E-state index is 13.2. The highest BCUT2D eigenvalue weighted by molar-refractivity contribution is 6.51. The number of esters is 1. The summed E-state index contributed by atoms with van der Waals surface area (Å²) in [7, 11) is 1.53. The fourth-order valence-electron chi connectivity index (χ4n) is 3.93. The smallest absolute Gasteiger partial charge is 0.338 e. The van der Waals surface area contributed by atoms with E-state index in [0.717, 1.165) is 0 Å². The molecule has 0 aromatic heterocycles. The number of ether oxygens (including phenoxy) is 2. The van der Waals surface area contributed by atoms with Gasteiger partial charge >= 0.3 is 5.97 Å². The largest absolute Gasteiger partial charge is 0.507 e. The van der Waals surface area contributed by atoms with Crippen LogP contribution in [-0.2, 0) is 14.3 Å². The molecule has 34 heavy (non-hydrogen) atoms. The summed E-state index contributed by atoms with van der Waals surface area (Å²) in [6, 6.07) is 21.0. The zero-order valence-electron chi connectivity index (χ0n) is 18.7. The van der Waals surface area contributed by atoms with Crippen LogP contribution in [0.25, 0.3) is 5.76 Å². The van der Waals surface area contributed by atoms with E-state index in [2.05, 4.69) is 0 Å². The number of carbonyl (C=O) groups is 3. The first-order valence-electron chi connectivity index (χ1n) is 10.7.